The molecule has 1 N–H and O–H groups in total. The van der Waals surface area contributed by atoms with Crippen molar-refractivity contribution in [3.05, 3.63) is 32.6 Å². The first kappa shape index (κ1) is 22.8. The van der Waals surface area contributed by atoms with Crippen LogP contribution >= 0.6 is 0 Å². The minimum absolute atomic E-state index is 0.159. The van der Waals surface area contributed by atoms with Crippen molar-refractivity contribution in [2.45, 2.75) is 52.2 Å². The standard InChI is InChI=1S/C18H21N3O9/c1-8-6-21(18(26)20-16(8)25)17-15(29-11(4)24)12(5-19)14(28-10(3)23)13(30-17)7-27-9(2)22/h6,12-15,17H,7H2,1-4H3,(H,20,25,26)/t12-,13-,14+,15+,17-/m1/s1. The summed E-state index contributed by atoms with van der Waals surface area (Å²) in [5, 5.41) is 9.74. The van der Waals surface area contributed by atoms with Crippen LogP contribution in [0.4, 0.5) is 0 Å². The predicted molar refractivity (Wildman–Crippen MR) is 96.8 cm³/mol. The van der Waals surface area contributed by atoms with Crippen LogP contribution in [-0.2, 0) is 33.3 Å². The largest absolute Gasteiger partial charge is 0.463 e. The summed E-state index contributed by atoms with van der Waals surface area (Å²) in [6.45, 7) is 4.41. The zero-order chi connectivity index (χ0) is 22.6. The third-order valence-electron chi connectivity index (χ3n) is 4.29. The van der Waals surface area contributed by atoms with Gasteiger partial charge in [-0.3, -0.25) is 28.7 Å². The summed E-state index contributed by atoms with van der Waals surface area (Å²) in [5.41, 5.74) is -1.34. The number of rotatable bonds is 5. The molecule has 0 saturated carbocycles. The molecule has 1 aromatic rings. The van der Waals surface area contributed by atoms with Crippen molar-refractivity contribution in [2.75, 3.05) is 6.61 Å². The molecule has 1 aromatic heterocycles. The lowest BCUT2D eigenvalue weighted by Gasteiger charge is -2.43. The molecule has 2 heterocycles. The molecule has 1 aliphatic rings. The van der Waals surface area contributed by atoms with Gasteiger partial charge in [-0.2, -0.15) is 5.26 Å². The van der Waals surface area contributed by atoms with E-state index < -0.39 is 66.2 Å². The normalized spacial score (nSPS) is 25.6. The first-order valence-electron chi connectivity index (χ1n) is 8.90. The quantitative estimate of drug-likeness (QED) is 0.473. The van der Waals surface area contributed by atoms with Crippen molar-refractivity contribution >= 4 is 17.9 Å². The van der Waals surface area contributed by atoms with E-state index in [4.69, 9.17) is 18.9 Å². The number of nitriles is 1. The second-order valence-electron chi connectivity index (χ2n) is 6.65. The van der Waals surface area contributed by atoms with E-state index in [-0.39, 0.29) is 5.56 Å². The Hall–Kier alpha value is -3.46. The number of nitrogens with one attached hydrogen (secondary N) is 1. The molecule has 12 nitrogen and oxygen atoms in total. The van der Waals surface area contributed by atoms with Gasteiger partial charge in [-0.25, -0.2) is 4.79 Å². The van der Waals surface area contributed by atoms with Crippen molar-refractivity contribution in [3.63, 3.8) is 0 Å². The molecule has 1 fully saturated rings. The molecule has 0 amide bonds. The van der Waals surface area contributed by atoms with Gasteiger partial charge in [-0.1, -0.05) is 0 Å². The highest BCUT2D eigenvalue weighted by Gasteiger charge is 2.51. The van der Waals surface area contributed by atoms with E-state index in [1.54, 1.807) is 0 Å². The summed E-state index contributed by atoms with van der Waals surface area (Å²) in [4.78, 5) is 60.7. The molecule has 162 valence electrons. The Morgan fingerprint density at radius 2 is 1.73 bits per heavy atom. The number of aryl methyl sites for hydroxylation is 1. The molecule has 0 bridgehead atoms. The Bertz CT molecular complexity index is 990. The van der Waals surface area contributed by atoms with Crippen LogP contribution in [0.2, 0.25) is 0 Å². The van der Waals surface area contributed by atoms with Gasteiger partial charge in [0.2, 0.25) is 0 Å². The molecule has 0 unspecified atom stereocenters. The van der Waals surface area contributed by atoms with Crippen molar-refractivity contribution in [1.29, 1.82) is 5.26 Å². The molecule has 0 aromatic carbocycles. The predicted octanol–water partition coefficient (Wildman–Crippen LogP) is -0.691. The maximum absolute atomic E-state index is 12.4. The SMILES string of the molecule is CC(=O)OC[C@H]1O[C@@H](n2cc(C)c(=O)[nH]c2=O)[C@@H](OC(C)=O)[C@H](C#N)[C@@H]1OC(C)=O. The number of ether oxygens (including phenoxy) is 4. The van der Waals surface area contributed by atoms with Crippen LogP contribution in [0, 0.1) is 24.2 Å². The van der Waals surface area contributed by atoms with Crippen LogP contribution < -0.4 is 11.2 Å². The van der Waals surface area contributed by atoms with Gasteiger partial charge >= 0.3 is 23.6 Å². The average molecular weight is 423 g/mol. The van der Waals surface area contributed by atoms with E-state index in [0.717, 1.165) is 25.3 Å². The minimum atomic E-state index is -1.37. The van der Waals surface area contributed by atoms with Crippen LogP contribution in [0.3, 0.4) is 0 Å². The van der Waals surface area contributed by atoms with E-state index in [0.29, 0.717) is 0 Å². The van der Waals surface area contributed by atoms with Gasteiger partial charge in [0.25, 0.3) is 5.56 Å². The number of esters is 3. The molecule has 0 radical (unpaired) electrons. The topological polar surface area (TPSA) is 167 Å². The zero-order valence-electron chi connectivity index (χ0n) is 16.7. The lowest BCUT2D eigenvalue weighted by Crippen LogP contribution is -2.57. The Kier molecular flexibility index (Phi) is 7.12. The maximum atomic E-state index is 12.4. The molecular formula is C18H21N3O9. The van der Waals surface area contributed by atoms with Crippen LogP contribution in [0.1, 0.15) is 32.6 Å². The third kappa shape index (κ3) is 5.12. The Labute approximate surface area is 170 Å². The van der Waals surface area contributed by atoms with Gasteiger partial charge in [0.15, 0.2) is 18.4 Å². The Morgan fingerprint density at radius 1 is 1.13 bits per heavy atom. The van der Waals surface area contributed by atoms with Gasteiger partial charge in [-0.05, 0) is 6.92 Å². The highest BCUT2D eigenvalue weighted by atomic mass is 16.6. The summed E-state index contributed by atoms with van der Waals surface area (Å²) < 4.78 is 22.1. The molecular weight excluding hydrogens is 402 g/mol. The second kappa shape index (κ2) is 9.36. The van der Waals surface area contributed by atoms with E-state index in [2.05, 4.69) is 4.98 Å². The molecule has 12 heteroatoms. The summed E-state index contributed by atoms with van der Waals surface area (Å²) in [7, 11) is 0. The van der Waals surface area contributed by atoms with Crippen molar-refractivity contribution in [1.82, 2.24) is 9.55 Å². The molecule has 1 aliphatic heterocycles. The molecule has 5 atom stereocenters. The number of aromatic amines is 1. The van der Waals surface area contributed by atoms with Crippen molar-refractivity contribution in [3.8, 4) is 6.07 Å². The highest BCUT2D eigenvalue weighted by Crippen LogP contribution is 2.35. The lowest BCUT2D eigenvalue weighted by molar-refractivity contribution is -0.242. The van der Waals surface area contributed by atoms with Crippen LogP contribution in [0.25, 0.3) is 0 Å². The van der Waals surface area contributed by atoms with Gasteiger partial charge < -0.3 is 18.9 Å². The summed E-state index contributed by atoms with van der Waals surface area (Å²) in [6, 6.07) is 1.92. The molecule has 2 rings (SSSR count). The first-order chi connectivity index (χ1) is 14.0. The van der Waals surface area contributed by atoms with Crippen molar-refractivity contribution < 1.29 is 33.3 Å². The summed E-state index contributed by atoms with van der Waals surface area (Å²) >= 11 is 0. The fourth-order valence-corrected chi connectivity index (χ4v) is 3.07. The monoisotopic (exact) mass is 423 g/mol. The second-order valence-corrected chi connectivity index (χ2v) is 6.65. The van der Waals surface area contributed by atoms with Crippen molar-refractivity contribution in [2.24, 2.45) is 5.92 Å². The third-order valence-corrected chi connectivity index (χ3v) is 4.29. The number of carbonyl (C=O) groups is 3. The Morgan fingerprint density at radius 3 is 2.27 bits per heavy atom. The van der Waals surface area contributed by atoms with E-state index in [9.17, 15) is 29.2 Å². The fraction of sp³-hybridized carbons (Fsp3) is 0.556. The van der Waals surface area contributed by atoms with Crippen LogP contribution in [0.15, 0.2) is 15.8 Å². The summed E-state index contributed by atoms with van der Waals surface area (Å²) in [6.07, 6.45) is -3.96. The van der Waals surface area contributed by atoms with Crippen LogP contribution in [-0.4, -0.2) is 52.4 Å². The van der Waals surface area contributed by atoms with Gasteiger partial charge in [0, 0.05) is 32.5 Å². The molecule has 0 aliphatic carbocycles. The van der Waals surface area contributed by atoms with E-state index in [1.165, 1.54) is 13.1 Å². The fourth-order valence-electron chi connectivity index (χ4n) is 3.07. The number of aromatic nitrogens is 2. The van der Waals surface area contributed by atoms with E-state index in [1.807, 2.05) is 6.07 Å². The number of nitrogens with zero attached hydrogens (tertiary/aromatic N) is 2. The zero-order valence-corrected chi connectivity index (χ0v) is 16.7. The number of carbonyl (C=O) groups excluding carboxylic acids is 3. The molecule has 1 saturated heterocycles. The van der Waals surface area contributed by atoms with Gasteiger partial charge in [0.1, 0.15) is 18.6 Å². The number of hydrogen-bond donors (Lipinski definition) is 1. The maximum Gasteiger partial charge on any atom is 0.330 e. The van der Waals surface area contributed by atoms with E-state index >= 15 is 0 Å². The number of H-pyrrole nitrogens is 1. The number of hydrogen-bond acceptors (Lipinski definition) is 10. The van der Waals surface area contributed by atoms with Gasteiger partial charge in [-0.15, -0.1) is 0 Å². The summed E-state index contributed by atoms with van der Waals surface area (Å²) in [5.74, 6) is -3.43. The highest BCUT2D eigenvalue weighted by molar-refractivity contribution is 5.67. The van der Waals surface area contributed by atoms with Gasteiger partial charge in [0.05, 0.1) is 6.07 Å². The first-order valence-corrected chi connectivity index (χ1v) is 8.90. The lowest BCUT2D eigenvalue weighted by atomic mass is 9.89. The molecule has 0 spiro atoms. The minimum Gasteiger partial charge on any atom is -0.463 e. The average Bonchev–Trinajstić information content (AvgIpc) is 2.63. The van der Waals surface area contributed by atoms with Crippen LogP contribution in [0.5, 0.6) is 0 Å². The smallest absolute Gasteiger partial charge is 0.330 e. The molecule has 30 heavy (non-hydrogen) atoms. The Balaban J connectivity index is 2.59.